The first kappa shape index (κ1) is 19.2. The summed E-state index contributed by atoms with van der Waals surface area (Å²) < 4.78 is 36.7. The molecule has 0 amide bonds. The SMILES string of the molecule is COc1ccc(CCCNCCS)cc1.O=S(=O)(O)O. The number of methoxy groups -OCH3 is 1. The van der Waals surface area contributed by atoms with Crippen LogP contribution < -0.4 is 10.1 Å². The van der Waals surface area contributed by atoms with Gasteiger partial charge in [-0.05, 0) is 37.1 Å². The molecule has 0 fully saturated rings. The molecule has 6 nitrogen and oxygen atoms in total. The summed E-state index contributed by atoms with van der Waals surface area (Å²) in [4.78, 5) is 0. The van der Waals surface area contributed by atoms with Gasteiger partial charge < -0.3 is 10.1 Å². The van der Waals surface area contributed by atoms with Crippen molar-refractivity contribution in [3.8, 4) is 5.75 Å². The Bertz CT molecular complexity index is 439. The molecule has 0 heterocycles. The minimum absolute atomic E-state index is 0.905. The fourth-order valence-electron chi connectivity index (χ4n) is 1.41. The highest BCUT2D eigenvalue weighted by molar-refractivity contribution is 7.80. The second-order valence-corrected chi connectivity index (χ2v) is 5.22. The number of hydrogen-bond donors (Lipinski definition) is 4. The van der Waals surface area contributed by atoms with E-state index in [1.165, 1.54) is 12.0 Å². The number of rotatable bonds is 7. The van der Waals surface area contributed by atoms with E-state index in [1.54, 1.807) is 7.11 Å². The summed E-state index contributed by atoms with van der Waals surface area (Å²) in [6.07, 6.45) is 2.28. The van der Waals surface area contributed by atoms with Crippen LogP contribution >= 0.6 is 12.6 Å². The first-order valence-electron chi connectivity index (χ1n) is 6.01. The molecule has 0 unspecified atom stereocenters. The highest BCUT2D eigenvalue weighted by Gasteiger charge is 1.94. The van der Waals surface area contributed by atoms with Crippen molar-refractivity contribution in [3.63, 3.8) is 0 Å². The number of aryl methyl sites for hydroxylation is 1. The molecule has 0 spiro atoms. The predicted octanol–water partition coefficient (Wildman–Crippen LogP) is 1.49. The van der Waals surface area contributed by atoms with Crippen LogP contribution in [0.3, 0.4) is 0 Å². The summed E-state index contributed by atoms with van der Waals surface area (Å²) in [5.74, 6) is 1.83. The molecule has 3 N–H and O–H groups in total. The second kappa shape index (κ2) is 10.9. The van der Waals surface area contributed by atoms with Gasteiger partial charge in [-0.3, -0.25) is 9.11 Å². The molecular weight excluding hydrogens is 302 g/mol. The van der Waals surface area contributed by atoms with E-state index in [9.17, 15) is 0 Å². The number of ether oxygens (including phenoxy) is 1. The van der Waals surface area contributed by atoms with E-state index in [0.29, 0.717) is 0 Å². The molecule has 1 rings (SSSR count). The van der Waals surface area contributed by atoms with Crippen LogP contribution in [0.2, 0.25) is 0 Å². The number of nitrogens with one attached hydrogen (secondary N) is 1. The lowest BCUT2D eigenvalue weighted by atomic mass is 10.1. The van der Waals surface area contributed by atoms with Crippen LogP contribution in [0.5, 0.6) is 5.75 Å². The number of thiol groups is 1. The van der Waals surface area contributed by atoms with Crippen molar-refractivity contribution in [1.82, 2.24) is 5.32 Å². The quantitative estimate of drug-likeness (QED) is 0.345. The Hall–Kier alpha value is -0.800. The first-order chi connectivity index (χ1) is 9.36. The fraction of sp³-hybridized carbons (Fsp3) is 0.500. The highest BCUT2D eigenvalue weighted by Crippen LogP contribution is 2.12. The molecule has 0 aliphatic carbocycles. The van der Waals surface area contributed by atoms with Gasteiger partial charge in [0.15, 0.2) is 0 Å². The van der Waals surface area contributed by atoms with Crippen molar-refractivity contribution in [3.05, 3.63) is 29.8 Å². The molecule has 8 heteroatoms. The Kier molecular flexibility index (Phi) is 10.5. The molecule has 1 aromatic carbocycles. The lowest BCUT2D eigenvalue weighted by Crippen LogP contribution is -2.18. The van der Waals surface area contributed by atoms with Crippen LogP contribution in [0.1, 0.15) is 12.0 Å². The van der Waals surface area contributed by atoms with E-state index in [2.05, 4.69) is 30.1 Å². The van der Waals surface area contributed by atoms with E-state index in [0.717, 1.165) is 31.0 Å². The van der Waals surface area contributed by atoms with Crippen LogP contribution in [-0.4, -0.2) is 43.5 Å². The number of benzene rings is 1. The summed E-state index contributed by atoms with van der Waals surface area (Å²) in [5.41, 5.74) is 1.36. The molecule has 0 bridgehead atoms. The summed E-state index contributed by atoms with van der Waals surface area (Å²) in [7, 11) is -2.98. The molecule has 0 atom stereocenters. The average molecular weight is 323 g/mol. The standard InChI is InChI=1S/C12H19NOS.H2O4S/c1-14-12-6-4-11(5-7-12)3-2-8-13-9-10-15;1-5(2,3)4/h4-7,13,15H,2-3,8-10H2,1H3;(H2,1,2,3,4). The van der Waals surface area contributed by atoms with Crippen molar-refractivity contribution in [2.24, 2.45) is 0 Å². The molecule has 0 aliphatic heterocycles. The summed E-state index contributed by atoms with van der Waals surface area (Å²) >= 11 is 4.14. The Morgan fingerprint density at radius 3 is 2.20 bits per heavy atom. The van der Waals surface area contributed by atoms with Gasteiger partial charge in [-0.25, -0.2) is 0 Å². The van der Waals surface area contributed by atoms with E-state index in [-0.39, 0.29) is 0 Å². The monoisotopic (exact) mass is 323 g/mol. The van der Waals surface area contributed by atoms with Gasteiger partial charge in [0, 0.05) is 12.3 Å². The van der Waals surface area contributed by atoms with Crippen LogP contribution in [-0.2, 0) is 16.8 Å². The predicted molar refractivity (Wildman–Crippen MR) is 82.2 cm³/mol. The van der Waals surface area contributed by atoms with Crippen LogP contribution in [0, 0.1) is 0 Å². The van der Waals surface area contributed by atoms with Gasteiger partial charge in [-0.2, -0.15) is 21.0 Å². The van der Waals surface area contributed by atoms with Gasteiger partial charge in [-0.1, -0.05) is 12.1 Å². The van der Waals surface area contributed by atoms with Crippen LogP contribution in [0.4, 0.5) is 0 Å². The first-order valence-corrected chi connectivity index (χ1v) is 8.04. The maximum absolute atomic E-state index is 8.74. The van der Waals surface area contributed by atoms with Gasteiger partial charge in [0.2, 0.25) is 0 Å². The van der Waals surface area contributed by atoms with Gasteiger partial charge in [0.25, 0.3) is 0 Å². The normalized spacial score (nSPS) is 10.6. The summed E-state index contributed by atoms with van der Waals surface area (Å²) in [6, 6.07) is 8.27. The fourth-order valence-corrected chi connectivity index (χ4v) is 1.57. The molecule has 20 heavy (non-hydrogen) atoms. The zero-order valence-corrected chi connectivity index (χ0v) is 13.0. The Morgan fingerprint density at radius 2 is 1.75 bits per heavy atom. The summed E-state index contributed by atoms with van der Waals surface area (Å²) in [6.45, 7) is 2.05. The summed E-state index contributed by atoms with van der Waals surface area (Å²) in [5, 5.41) is 3.33. The van der Waals surface area contributed by atoms with E-state index in [4.69, 9.17) is 22.3 Å². The molecule has 0 saturated carbocycles. The second-order valence-electron chi connectivity index (χ2n) is 3.87. The average Bonchev–Trinajstić information content (AvgIpc) is 2.37. The third kappa shape index (κ3) is 13.6. The van der Waals surface area contributed by atoms with Crippen LogP contribution in [0.25, 0.3) is 0 Å². The topological polar surface area (TPSA) is 95.9 Å². The highest BCUT2D eigenvalue weighted by atomic mass is 32.3. The Labute approximate surface area is 125 Å². The van der Waals surface area contributed by atoms with Crippen LogP contribution in [0.15, 0.2) is 24.3 Å². The molecule has 0 radical (unpaired) electrons. The van der Waals surface area contributed by atoms with Crippen molar-refractivity contribution in [2.45, 2.75) is 12.8 Å². The largest absolute Gasteiger partial charge is 0.497 e. The molecule has 0 aromatic heterocycles. The van der Waals surface area contributed by atoms with Gasteiger partial charge in [0.05, 0.1) is 7.11 Å². The van der Waals surface area contributed by atoms with Crippen molar-refractivity contribution < 1.29 is 22.3 Å². The Morgan fingerprint density at radius 1 is 1.20 bits per heavy atom. The molecule has 0 aliphatic rings. The van der Waals surface area contributed by atoms with Gasteiger partial charge in [-0.15, -0.1) is 0 Å². The molecule has 116 valence electrons. The molecular formula is C12H21NO5S2. The number of hydrogen-bond acceptors (Lipinski definition) is 5. The van der Waals surface area contributed by atoms with E-state index < -0.39 is 10.4 Å². The smallest absolute Gasteiger partial charge is 0.394 e. The Balaban J connectivity index is 0.000000621. The van der Waals surface area contributed by atoms with Gasteiger partial charge >= 0.3 is 10.4 Å². The van der Waals surface area contributed by atoms with Crippen molar-refractivity contribution >= 4 is 23.0 Å². The zero-order chi connectivity index (χ0) is 15.4. The zero-order valence-electron chi connectivity index (χ0n) is 11.3. The third-order valence-electron chi connectivity index (χ3n) is 2.27. The van der Waals surface area contributed by atoms with Crippen molar-refractivity contribution in [2.75, 3.05) is 26.0 Å². The van der Waals surface area contributed by atoms with Gasteiger partial charge in [0.1, 0.15) is 5.75 Å². The third-order valence-corrected chi connectivity index (χ3v) is 2.49. The van der Waals surface area contributed by atoms with E-state index >= 15 is 0 Å². The maximum Gasteiger partial charge on any atom is 0.394 e. The minimum atomic E-state index is -4.67. The molecule has 1 aromatic rings. The minimum Gasteiger partial charge on any atom is -0.497 e. The van der Waals surface area contributed by atoms with E-state index in [1.807, 2.05) is 12.1 Å². The molecule has 0 saturated heterocycles. The lowest BCUT2D eigenvalue weighted by molar-refractivity contribution is 0.381. The lowest BCUT2D eigenvalue weighted by Gasteiger charge is -2.04. The maximum atomic E-state index is 8.74. The van der Waals surface area contributed by atoms with Crippen molar-refractivity contribution in [1.29, 1.82) is 0 Å².